The average molecular weight is 263 g/mol. The zero-order valence-electron chi connectivity index (χ0n) is 10.8. The predicted octanol–water partition coefficient (Wildman–Crippen LogP) is 2.05. The maximum Gasteiger partial charge on any atom is 0.173 e. The Morgan fingerprint density at radius 3 is 3.00 bits per heavy atom. The molecule has 1 aromatic heterocycles. The summed E-state index contributed by atoms with van der Waals surface area (Å²) < 4.78 is 1.78. The smallest absolute Gasteiger partial charge is 0.173 e. The largest absolute Gasteiger partial charge is 0.308 e. The summed E-state index contributed by atoms with van der Waals surface area (Å²) in [4.78, 5) is 1.20. The average Bonchev–Trinajstić information content (AvgIpc) is 2.88. The highest BCUT2D eigenvalue weighted by Crippen LogP contribution is 2.20. The Kier molecular flexibility index (Phi) is 4.33. The SMILES string of the molecule is CCNC(C)c1nnnn1-c1cccc(SC)c1. The van der Waals surface area contributed by atoms with Gasteiger partial charge in [0, 0.05) is 4.90 Å². The van der Waals surface area contributed by atoms with Crippen molar-refractivity contribution >= 4 is 11.8 Å². The number of hydrogen-bond donors (Lipinski definition) is 1. The van der Waals surface area contributed by atoms with E-state index in [1.165, 1.54) is 4.90 Å². The Bertz CT molecular complexity index is 511. The zero-order chi connectivity index (χ0) is 13.0. The van der Waals surface area contributed by atoms with Crippen molar-refractivity contribution in [2.45, 2.75) is 24.8 Å². The summed E-state index contributed by atoms with van der Waals surface area (Å²) in [5, 5.41) is 15.3. The molecule has 0 saturated carbocycles. The van der Waals surface area contributed by atoms with E-state index in [0.717, 1.165) is 18.1 Å². The molecule has 6 heteroatoms. The monoisotopic (exact) mass is 263 g/mol. The molecule has 0 amide bonds. The van der Waals surface area contributed by atoms with Crippen molar-refractivity contribution in [2.24, 2.45) is 0 Å². The molecule has 18 heavy (non-hydrogen) atoms. The Balaban J connectivity index is 2.35. The minimum Gasteiger partial charge on any atom is -0.308 e. The van der Waals surface area contributed by atoms with Gasteiger partial charge in [0.05, 0.1) is 11.7 Å². The summed E-state index contributed by atoms with van der Waals surface area (Å²) in [5.41, 5.74) is 0.992. The van der Waals surface area contributed by atoms with Gasteiger partial charge in [-0.2, -0.15) is 4.68 Å². The molecule has 0 aliphatic carbocycles. The molecule has 2 aromatic rings. The van der Waals surface area contributed by atoms with Gasteiger partial charge < -0.3 is 5.32 Å². The maximum atomic E-state index is 4.10. The molecule has 1 N–H and O–H groups in total. The fourth-order valence-corrected chi connectivity index (χ4v) is 2.24. The van der Waals surface area contributed by atoms with Gasteiger partial charge >= 0.3 is 0 Å². The second kappa shape index (κ2) is 5.97. The molecular formula is C12H17N5S. The number of nitrogens with one attached hydrogen (secondary N) is 1. The third-order valence-corrected chi connectivity index (χ3v) is 3.41. The van der Waals surface area contributed by atoms with E-state index in [-0.39, 0.29) is 6.04 Å². The highest BCUT2D eigenvalue weighted by molar-refractivity contribution is 7.98. The molecular weight excluding hydrogens is 246 g/mol. The third-order valence-electron chi connectivity index (χ3n) is 2.69. The Labute approximate surface area is 111 Å². The molecule has 2 rings (SSSR count). The van der Waals surface area contributed by atoms with Crippen molar-refractivity contribution in [2.75, 3.05) is 12.8 Å². The lowest BCUT2D eigenvalue weighted by molar-refractivity contribution is 0.550. The van der Waals surface area contributed by atoms with Crippen LogP contribution in [0.4, 0.5) is 0 Å². The summed E-state index contributed by atoms with van der Waals surface area (Å²) >= 11 is 1.71. The van der Waals surface area contributed by atoms with Gasteiger partial charge in [-0.1, -0.05) is 13.0 Å². The van der Waals surface area contributed by atoms with E-state index in [1.54, 1.807) is 16.4 Å². The van der Waals surface area contributed by atoms with Crippen LogP contribution in [0, 0.1) is 0 Å². The third kappa shape index (κ3) is 2.70. The molecule has 1 atom stereocenters. The van der Waals surface area contributed by atoms with Crippen LogP contribution in [-0.4, -0.2) is 33.0 Å². The predicted molar refractivity (Wildman–Crippen MR) is 73.0 cm³/mol. The number of nitrogens with zero attached hydrogens (tertiary/aromatic N) is 4. The van der Waals surface area contributed by atoms with Crippen LogP contribution in [0.2, 0.25) is 0 Å². The van der Waals surface area contributed by atoms with Crippen molar-refractivity contribution in [1.29, 1.82) is 0 Å². The van der Waals surface area contributed by atoms with E-state index in [2.05, 4.69) is 53.1 Å². The molecule has 0 radical (unpaired) electrons. The fraction of sp³-hybridized carbons (Fsp3) is 0.417. The van der Waals surface area contributed by atoms with Gasteiger partial charge in [0.1, 0.15) is 0 Å². The highest BCUT2D eigenvalue weighted by Gasteiger charge is 2.14. The number of aromatic nitrogens is 4. The Morgan fingerprint density at radius 2 is 2.28 bits per heavy atom. The van der Waals surface area contributed by atoms with Crippen molar-refractivity contribution in [3.8, 4) is 5.69 Å². The summed E-state index contributed by atoms with van der Waals surface area (Å²) in [6, 6.07) is 8.32. The number of benzene rings is 1. The first-order valence-electron chi connectivity index (χ1n) is 5.92. The summed E-state index contributed by atoms with van der Waals surface area (Å²) in [5.74, 6) is 0.829. The van der Waals surface area contributed by atoms with E-state index in [4.69, 9.17) is 0 Å². The quantitative estimate of drug-likeness (QED) is 0.837. The first kappa shape index (κ1) is 13.0. The number of hydrogen-bond acceptors (Lipinski definition) is 5. The zero-order valence-corrected chi connectivity index (χ0v) is 11.6. The van der Waals surface area contributed by atoms with Gasteiger partial charge in [-0.05, 0) is 48.4 Å². The van der Waals surface area contributed by atoms with Crippen LogP contribution in [0.25, 0.3) is 5.69 Å². The van der Waals surface area contributed by atoms with Crippen molar-refractivity contribution in [1.82, 2.24) is 25.5 Å². The van der Waals surface area contributed by atoms with Gasteiger partial charge in [0.25, 0.3) is 0 Å². The molecule has 0 aliphatic rings. The normalized spacial score (nSPS) is 12.6. The van der Waals surface area contributed by atoms with E-state index in [0.29, 0.717) is 0 Å². The molecule has 0 fully saturated rings. The van der Waals surface area contributed by atoms with Crippen LogP contribution in [0.3, 0.4) is 0 Å². The minimum absolute atomic E-state index is 0.128. The van der Waals surface area contributed by atoms with Crippen molar-refractivity contribution < 1.29 is 0 Å². The Hall–Kier alpha value is -1.40. The van der Waals surface area contributed by atoms with Crippen LogP contribution >= 0.6 is 11.8 Å². The molecule has 1 heterocycles. The van der Waals surface area contributed by atoms with Crippen LogP contribution in [-0.2, 0) is 0 Å². The number of tetrazole rings is 1. The lowest BCUT2D eigenvalue weighted by Gasteiger charge is -2.12. The second-order valence-electron chi connectivity index (χ2n) is 3.93. The van der Waals surface area contributed by atoms with E-state index in [9.17, 15) is 0 Å². The molecule has 0 bridgehead atoms. The van der Waals surface area contributed by atoms with E-state index < -0.39 is 0 Å². The summed E-state index contributed by atoms with van der Waals surface area (Å²) in [6.45, 7) is 5.02. The van der Waals surface area contributed by atoms with Gasteiger partial charge in [-0.3, -0.25) is 0 Å². The summed E-state index contributed by atoms with van der Waals surface area (Å²) in [7, 11) is 0. The topological polar surface area (TPSA) is 55.6 Å². The molecule has 1 unspecified atom stereocenters. The van der Waals surface area contributed by atoms with Crippen molar-refractivity contribution in [3.05, 3.63) is 30.1 Å². The van der Waals surface area contributed by atoms with Crippen LogP contribution in [0.15, 0.2) is 29.2 Å². The summed E-state index contributed by atoms with van der Waals surface area (Å²) in [6.07, 6.45) is 2.06. The minimum atomic E-state index is 0.128. The highest BCUT2D eigenvalue weighted by atomic mass is 32.2. The lowest BCUT2D eigenvalue weighted by atomic mass is 10.3. The molecule has 1 aromatic carbocycles. The number of rotatable bonds is 5. The van der Waals surface area contributed by atoms with Crippen LogP contribution in [0.5, 0.6) is 0 Å². The second-order valence-corrected chi connectivity index (χ2v) is 4.81. The van der Waals surface area contributed by atoms with Gasteiger partial charge in [-0.15, -0.1) is 16.9 Å². The molecule has 96 valence electrons. The lowest BCUT2D eigenvalue weighted by Crippen LogP contribution is -2.21. The van der Waals surface area contributed by atoms with Gasteiger partial charge in [0.15, 0.2) is 5.82 Å². The Morgan fingerprint density at radius 1 is 1.44 bits per heavy atom. The van der Waals surface area contributed by atoms with Gasteiger partial charge in [0.2, 0.25) is 0 Å². The van der Waals surface area contributed by atoms with Crippen LogP contribution in [0.1, 0.15) is 25.7 Å². The molecule has 0 aliphatic heterocycles. The van der Waals surface area contributed by atoms with Gasteiger partial charge in [-0.25, -0.2) is 0 Å². The molecule has 0 saturated heterocycles. The molecule has 0 spiro atoms. The standard InChI is InChI=1S/C12H17N5S/c1-4-13-9(2)12-14-15-16-17(12)10-6-5-7-11(8-10)18-3/h5-9,13H,4H2,1-3H3. The number of thioether (sulfide) groups is 1. The van der Waals surface area contributed by atoms with Crippen molar-refractivity contribution in [3.63, 3.8) is 0 Å². The maximum absolute atomic E-state index is 4.10. The first-order chi connectivity index (χ1) is 8.76. The first-order valence-corrected chi connectivity index (χ1v) is 7.14. The fourth-order valence-electron chi connectivity index (χ4n) is 1.79. The van der Waals surface area contributed by atoms with Crippen LogP contribution < -0.4 is 5.32 Å². The van der Waals surface area contributed by atoms with E-state index >= 15 is 0 Å². The van der Waals surface area contributed by atoms with E-state index in [1.807, 2.05) is 12.1 Å². The molecule has 5 nitrogen and oxygen atoms in total.